The normalized spacial score (nSPS) is 12.2. The van der Waals surface area contributed by atoms with Gasteiger partial charge >= 0.3 is 0 Å². The molecule has 0 atom stereocenters. The van der Waals surface area contributed by atoms with Gasteiger partial charge in [0.15, 0.2) is 0 Å². The molecule has 198 valence electrons. The molecule has 7 rings (SSSR count). The first kappa shape index (κ1) is 24.8. The van der Waals surface area contributed by atoms with Gasteiger partial charge in [0, 0.05) is 33.2 Å². The van der Waals surface area contributed by atoms with Gasteiger partial charge in [0.1, 0.15) is 0 Å². The molecule has 4 heteroatoms. The minimum Gasteiger partial charge on any atom is -0.355 e. The van der Waals surface area contributed by atoms with E-state index in [-0.39, 0.29) is 0 Å². The predicted molar refractivity (Wildman–Crippen MR) is 174 cm³/mol. The third kappa shape index (κ3) is 4.64. The summed E-state index contributed by atoms with van der Waals surface area (Å²) >= 11 is 0. The second kappa shape index (κ2) is 9.76. The van der Waals surface area contributed by atoms with Gasteiger partial charge in [-0.1, -0.05) is 54.6 Å². The number of fused-ring (bicyclic) bond motifs is 8. The molecule has 2 aliphatic heterocycles. The number of aromatic amines is 2. The number of hydrogen-bond donors (Lipinski definition) is 2. The molecule has 5 heterocycles. The average molecular weight is 531 g/mol. The van der Waals surface area contributed by atoms with Gasteiger partial charge in [-0.25, -0.2) is 9.97 Å². The maximum Gasteiger partial charge on any atom is 0.0736 e. The molecule has 0 unspecified atom stereocenters. The van der Waals surface area contributed by atoms with Crippen molar-refractivity contribution in [2.75, 3.05) is 0 Å². The van der Waals surface area contributed by atoms with Crippen LogP contribution in [0, 0.1) is 20.8 Å². The summed E-state index contributed by atoms with van der Waals surface area (Å²) in [5.74, 6) is 0. The monoisotopic (exact) mass is 530 g/mol. The van der Waals surface area contributed by atoms with E-state index in [1.807, 2.05) is 6.08 Å². The van der Waals surface area contributed by atoms with E-state index >= 15 is 0 Å². The molecule has 4 nitrogen and oxygen atoms in total. The molecular formula is C37H30N4. The lowest BCUT2D eigenvalue weighted by atomic mass is 9.94. The van der Waals surface area contributed by atoms with Crippen molar-refractivity contribution in [2.45, 2.75) is 20.8 Å². The molecule has 0 radical (unpaired) electrons. The molecule has 0 amide bonds. The Morgan fingerprint density at radius 2 is 1.24 bits per heavy atom. The molecule has 2 aromatic carbocycles. The number of benzene rings is 2. The van der Waals surface area contributed by atoms with Gasteiger partial charge in [-0.15, -0.1) is 0 Å². The molecule has 0 fully saturated rings. The number of aryl methyl sites for hydroxylation is 3. The number of nitrogens with zero attached hydrogens (tertiary/aromatic N) is 2. The fourth-order valence-electron chi connectivity index (χ4n) is 5.98. The van der Waals surface area contributed by atoms with Crippen molar-refractivity contribution < 1.29 is 0 Å². The Morgan fingerprint density at radius 3 is 1.93 bits per heavy atom. The van der Waals surface area contributed by atoms with Crippen molar-refractivity contribution >= 4 is 52.4 Å². The van der Waals surface area contributed by atoms with Crippen molar-refractivity contribution in [3.63, 3.8) is 0 Å². The Labute approximate surface area is 239 Å². The van der Waals surface area contributed by atoms with Crippen molar-refractivity contribution in [3.8, 4) is 22.3 Å². The Kier molecular flexibility index (Phi) is 5.90. The first-order valence-electron chi connectivity index (χ1n) is 13.9. The van der Waals surface area contributed by atoms with Crippen LogP contribution < -0.4 is 0 Å². The Morgan fingerprint density at radius 1 is 0.610 bits per heavy atom. The molecule has 3 aromatic heterocycles. The maximum absolute atomic E-state index is 5.08. The molecule has 0 saturated heterocycles. The van der Waals surface area contributed by atoms with Crippen LogP contribution in [0.2, 0.25) is 0 Å². The third-order valence-electron chi connectivity index (χ3n) is 7.73. The lowest BCUT2D eigenvalue weighted by molar-refractivity contribution is 1.31. The van der Waals surface area contributed by atoms with Crippen LogP contribution in [0.3, 0.4) is 0 Å². The second-order valence-corrected chi connectivity index (χ2v) is 10.8. The van der Waals surface area contributed by atoms with E-state index < -0.39 is 0 Å². The highest BCUT2D eigenvalue weighted by molar-refractivity contribution is 5.97. The summed E-state index contributed by atoms with van der Waals surface area (Å²) in [4.78, 5) is 17.3. The highest BCUT2D eigenvalue weighted by Crippen LogP contribution is 2.37. The van der Waals surface area contributed by atoms with Gasteiger partial charge in [0.05, 0.1) is 22.8 Å². The van der Waals surface area contributed by atoms with Crippen LogP contribution in [0.25, 0.3) is 74.7 Å². The number of aromatic nitrogens is 4. The van der Waals surface area contributed by atoms with Crippen LogP contribution in [0.4, 0.5) is 0 Å². The van der Waals surface area contributed by atoms with Crippen LogP contribution in [0.1, 0.15) is 45.0 Å². The van der Waals surface area contributed by atoms with Crippen molar-refractivity contribution in [1.82, 2.24) is 19.9 Å². The van der Waals surface area contributed by atoms with Gasteiger partial charge in [-0.2, -0.15) is 0 Å². The van der Waals surface area contributed by atoms with E-state index in [0.717, 1.165) is 67.1 Å². The van der Waals surface area contributed by atoms with Crippen molar-refractivity contribution in [2.24, 2.45) is 0 Å². The fraction of sp³-hybridized carbons (Fsp3) is 0.0811. The Bertz CT molecular complexity index is 2060. The SMILES string of the molecule is C=Cc1ccc(-c2c3nc(cc4ccc(cc5nc(cc6[nH]c2cc6-c2c(C)cc(C)cc2C)C=C5)[nH]4)C=C3)cc1. The summed E-state index contributed by atoms with van der Waals surface area (Å²) < 4.78 is 0. The molecular weight excluding hydrogens is 500 g/mol. The number of rotatable bonds is 3. The quantitative estimate of drug-likeness (QED) is 0.239. The molecule has 2 N–H and O–H groups in total. The van der Waals surface area contributed by atoms with Gasteiger partial charge in [0.2, 0.25) is 0 Å². The van der Waals surface area contributed by atoms with Crippen LogP contribution in [-0.2, 0) is 0 Å². The summed E-state index contributed by atoms with van der Waals surface area (Å²) in [5, 5.41) is 0. The van der Waals surface area contributed by atoms with Crippen LogP contribution in [0.5, 0.6) is 0 Å². The Hall–Kier alpha value is -5.22. The lowest BCUT2D eigenvalue weighted by Gasteiger charge is -2.10. The standard InChI is InChI=1S/C37H30N4/c1-5-25-6-8-26(9-7-25)37-33-15-14-30(40-33)19-29-11-10-27(38-29)18-28-12-13-31(39-28)20-34-32(21-35(37)41-34)36-23(3)16-22(2)17-24(36)4/h5-21,38,41H,1H2,2-4H3. The van der Waals surface area contributed by atoms with Crippen LogP contribution in [0.15, 0.2) is 79.4 Å². The molecule has 0 aliphatic carbocycles. The summed E-state index contributed by atoms with van der Waals surface area (Å²) in [6.07, 6.45) is 10.2. The topological polar surface area (TPSA) is 57.4 Å². The molecule has 41 heavy (non-hydrogen) atoms. The largest absolute Gasteiger partial charge is 0.355 e. The highest BCUT2D eigenvalue weighted by Gasteiger charge is 2.16. The third-order valence-corrected chi connectivity index (χ3v) is 7.73. The number of H-pyrrole nitrogens is 2. The zero-order valence-corrected chi connectivity index (χ0v) is 23.4. The zero-order valence-electron chi connectivity index (χ0n) is 23.4. The molecule has 2 aliphatic rings. The van der Waals surface area contributed by atoms with E-state index in [4.69, 9.17) is 9.97 Å². The Balaban J connectivity index is 1.63. The smallest absolute Gasteiger partial charge is 0.0736 e. The number of hydrogen-bond acceptors (Lipinski definition) is 2. The summed E-state index contributed by atoms with van der Waals surface area (Å²) in [6, 6.07) is 25.7. The molecule has 5 aromatic rings. The highest BCUT2D eigenvalue weighted by atomic mass is 14.8. The molecule has 8 bridgehead atoms. The van der Waals surface area contributed by atoms with Gasteiger partial charge in [-0.3, -0.25) is 0 Å². The summed E-state index contributed by atoms with van der Waals surface area (Å²) in [6.45, 7) is 10.5. The van der Waals surface area contributed by atoms with E-state index in [9.17, 15) is 0 Å². The average Bonchev–Trinajstić information content (AvgIpc) is 3.75. The lowest BCUT2D eigenvalue weighted by Crippen LogP contribution is -1.89. The molecule has 0 saturated carbocycles. The van der Waals surface area contributed by atoms with E-state index in [1.54, 1.807) is 0 Å². The van der Waals surface area contributed by atoms with E-state index in [2.05, 4.69) is 134 Å². The van der Waals surface area contributed by atoms with Crippen molar-refractivity contribution in [1.29, 1.82) is 0 Å². The van der Waals surface area contributed by atoms with Gasteiger partial charge < -0.3 is 9.97 Å². The molecule has 0 spiro atoms. The van der Waals surface area contributed by atoms with Crippen molar-refractivity contribution in [3.05, 3.63) is 124 Å². The predicted octanol–water partition coefficient (Wildman–Crippen LogP) is 9.56. The van der Waals surface area contributed by atoms with E-state index in [1.165, 1.54) is 22.3 Å². The van der Waals surface area contributed by atoms with Crippen LogP contribution >= 0.6 is 0 Å². The summed E-state index contributed by atoms with van der Waals surface area (Å²) in [7, 11) is 0. The first-order valence-corrected chi connectivity index (χ1v) is 13.9. The summed E-state index contributed by atoms with van der Waals surface area (Å²) in [5.41, 5.74) is 17.0. The van der Waals surface area contributed by atoms with Gasteiger partial charge in [-0.05, 0) is 109 Å². The van der Waals surface area contributed by atoms with Gasteiger partial charge in [0.25, 0.3) is 0 Å². The van der Waals surface area contributed by atoms with Crippen LogP contribution in [-0.4, -0.2) is 19.9 Å². The second-order valence-electron chi connectivity index (χ2n) is 10.8. The minimum absolute atomic E-state index is 0.901. The minimum atomic E-state index is 0.901. The first-order chi connectivity index (χ1) is 19.9. The van der Waals surface area contributed by atoms with E-state index in [0.29, 0.717) is 0 Å². The maximum atomic E-state index is 5.08. The number of nitrogens with one attached hydrogen (secondary N) is 2. The zero-order chi connectivity index (χ0) is 28.1. The fourth-order valence-corrected chi connectivity index (χ4v) is 5.98.